The summed E-state index contributed by atoms with van der Waals surface area (Å²) in [5.74, 6) is -0.750. The summed E-state index contributed by atoms with van der Waals surface area (Å²) >= 11 is 0. The Morgan fingerprint density at radius 2 is 1.90 bits per heavy atom. The second kappa shape index (κ2) is 7.49. The maximum absolute atomic E-state index is 13.3. The van der Waals surface area contributed by atoms with E-state index in [0.717, 1.165) is 5.70 Å². The van der Waals surface area contributed by atoms with Crippen LogP contribution in [0.1, 0.15) is 65.9 Å². The molecule has 2 aliphatic rings. The third-order valence-corrected chi connectivity index (χ3v) is 5.40. The number of benzene rings is 1. The molecule has 30 heavy (non-hydrogen) atoms. The van der Waals surface area contributed by atoms with Crippen LogP contribution in [0.3, 0.4) is 0 Å². The van der Waals surface area contributed by atoms with E-state index in [2.05, 4.69) is 19.2 Å². The van der Waals surface area contributed by atoms with E-state index in [1.54, 1.807) is 12.1 Å². The Hall–Kier alpha value is -2.76. The minimum atomic E-state index is -0.672. The van der Waals surface area contributed by atoms with E-state index >= 15 is 0 Å². The van der Waals surface area contributed by atoms with Crippen LogP contribution in [0.5, 0.6) is 11.5 Å². The molecule has 1 aliphatic carbocycles. The van der Waals surface area contributed by atoms with Crippen LogP contribution in [0.4, 0.5) is 0 Å². The summed E-state index contributed by atoms with van der Waals surface area (Å²) in [6, 6.07) is 4.93. The number of dihydropyridines is 1. The molecule has 1 heterocycles. The topological polar surface area (TPSA) is 84.9 Å². The second-order valence-electron chi connectivity index (χ2n) is 9.86. The fourth-order valence-corrected chi connectivity index (χ4v) is 4.25. The van der Waals surface area contributed by atoms with Crippen molar-refractivity contribution in [1.82, 2.24) is 5.32 Å². The highest BCUT2D eigenvalue weighted by Crippen LogP contribution is 2.48. The molecule has 1 aliphatic heterocycles. The van der Waals surface area contributed by atoms with Crippen molar-refractivity contribution in [1.29, 1.82) is 0 Å². The molecule has 1 aromatic carbocycles. The fourth-order valence-electron chi connectivity index (χ4n) is 4.25. The normalized spacial score (nSPS) is 21.2. The van der Waals surface area contributed by atoms with Crippen LogP contribution in [-0.4, -0.2) is 29.6 Å². The number of hydrogen-bond acceptors (Lipinski definition) is 6. The van der Waals surface area contributed by atoms with Crippen molar-refractivity contribution in [2.75, 3.05) is 7.11 Å². The van der Waals surface area contributed by atoms with Crippen LogP contribution >= 0.6 is 0 Å². The molecule has 0 fully saturated rings. The van der Waals surface area contributed by atoms with Crippen LogP contribution in [-0.2, 0) is 14.3 Å². The molecular weight excluding hydrogens is 382 g/mol. The van der Waals surface area contributed by atoms with Crippen molar-refractivity contribution in [3.63, 3.8) is 0 Å². The Balaban J connectivity index is 2.20. The van der Waals surface area contributed by atoms with Gasteiger partial charge in [-0.15, -0.1) is 0 Å². The van der Waals surface area contributed by atoms with E-state index in [0.29, 0.717) is 35.2 Å². The Morgan fingerprint density at radius 1 is 1.23 bits per heavy atom. The van der Waals surface area contributed by atoms with Crippen LogP contribution in [0, 0.1) is 5.41 Å². The summed E-state index contributed by atoms with van der Waals surface area (Å²) in [7, 11) is 1.47. The molecule has 0 amide bonds. The molecule has 1 aromatic rings. The lowest BCUT2D eigenvalue weighted by Crippen LogP contribution is -2.39. The third-order valence-electron chi connectivity index (χ3n) is 5.40. The van der Waals surface area contributed by atoms with Crippen molar-refractivity contribution >= 4 is 11.8 Å². The van der Waals surface area contributed by atoms with Crippen LogP contribution in [0.2, 0.25) is 0 Å². The first-order chi connectivity index (χ1) is 13.8. The van der Waals surface area contributed by atoms with Gasteiger partial charge in [-0.2, -0.15) is 0 Å². The summed E-state index contributed by atoms with van der Waals surface area (Å²) in [6.45, 7) is 11.4. The van der Waals surface area contributed by atoms with Crippen LogP contribution in [0.25, 0.3) is 0 Å². The predicted molar refractivity (Wildman–Crippen MR) is 114 cm³/mol. The molecular formula is C24H31NO5. The van der Waals surface area contributed by atoms with Gasteiger partial charge in [-0.25, -0.2) is 4.79 Å². The Kier molecular flexibility index (Phi) is 5.48. The minimum absolute atomic E-state index is 0.0000103. The SMILES string of the molecule is COc1cc([C@@H]2C(C(=O)OC(C)(C)C)=C(C)NC3=C2C(=O)CC(C)(C)C3)ccc1O. The number of esters is 1. The lowest BCUT2D eigenvalue weighted by Gasteiger charge is -2.40. The fraction of sp³-hybridized carbons (Fsp3) is 0.500. The highest BCUT2D eigenvalue weighted by molar-refractivity contribution is 6.04. The van der Waals surface area contributed by atoms with Crippen molar-refractivity contribution in [3.8, 4) is 11.5 Å². The summed E-state index contributed by atoms with van der Waals surface area (Å²) < 4.78 is 11.0. The largest absolute Gasteiger partial charge is 0.504 e. The number of rotatable bonds is 3. The number of phenols is 1. The van der Waals surface area contributed by atoms with E-state index in [9.17, 15) is 14.7 Å². The molecule has 0 saturated heterocycles. The first-order valence-electron chi connectivity index (χ1n) is 10.2. The monoisotopic (exact) mass is 413 g/mol. The van der Waals surface area contributed by atoms with Crippen molar-refractivity contribution in [2.24, 2.45) is 5.41 Å². The number of ketones is 1. The van der Waals surface area contributed by atoms with Gasteiger partial charge in [0, 0.05) is 29.3 Å². The first kappa shape index (κ1) is 21.9. The van der Waals surface area contributed by atoms with Crippen molar-refractivity contribution < 1.29 is 24.2 Å². The van der Waals surface area contributed by atoms with Crippen molar-refractivity contribution in [2.45, 2.75) is 65.9 Å². The third kappa shape index (κ3) is 4.23. The number of hydrogen-bond donors (Lipinski definition) is 2. The molecule has 3 rings (SSSR count). The van der Waals surface area contributed by atoms with Gasteiger partial charge in [-0.1, -0.05) is 19.9 Å². The van der Waals surface area contributed by atoms with Gasteiger partial charge in [-0.3, -0.25) is 4.79 Å². The average molecular weight is 414 g/mol. The van der Waals surface area contributed by atoms with Gasteiger partial charge in [0.25, 0.3) is 0 Å². The maximum Gasteiger partial charge on any atom is 0.337 e. The van der Waals surface area contributed by atoms with E-state index in [-0.39, 0.29) is 22.7 Å². The van der Waals surface area contributed by atoms with Crippen LogP contribution in [0.15, 0.2) is 40.7 Å². The minimum Gasteiger partial charge on any atom is -0.504 e. The van der Waals surface area contributed by atoms with Gasteiger partial charge in [0.05, 0.1) is 12.7 Å². The Bertz CT molecular complexity index is 962. The molecule has 0 spiro atoms. The maximum atomic E-state index is 13.3. The molecule has 0 unspecified atom stereocenters. The zero-order valence-corrected chi connectivity index (χ0v) is 18.8. The number of carbonyl (C=O) groups is 2. The van der Waals surface area contributed by atoms with Crippen molar-refractivity contribution in [3.05, 3.63) is 46.3 Å². The summed E-state index contributed by atoms with van der Waals surface area (Å²) in [5, 5.41) is 13.4. The predicted octanol–water partition coefficient (Wildman–Crippen LogP) is 4.35. The van der Waals surface area contributed by atoms with E-state index < -0.39 is 17.5 Å². The highest BCUT2D eigenvalue weighted by Gasteiger charge is 2.43. The molecule has 162 valence electrons. The van der Waals surface area contributed by atoms with Gasteiger partial charge in [0.15, 0.2) is 17.3 Å². The molecule has 6 heteroatoms. The number of aromatic hydroxyl groups is 1. The molecule has 0 saturated carbocycles. The number of phenolic OH excluding ortho intramolecular Hbond substituents is 1. The Labute approximate surface area is 178 Å². The molecule has 1 atom stereocenters. The van der Waals surface area contributed by atoms with Gasteiger partial charge in [0.1, 0.15) is 5.60 Å². The molecule has 2 N–H and O–H groups in total. The Morgan fingerprint density at radius 3 is 2.50 bits per heavy atom. The number of Topliss-reactive ketones (excluding diaryl/α,β-unsaturated/α-hetero) is 1. The standard InChI is InChI=1S/C24H31NO5/c1-13-19(22(28)30-23(2,3)4)20(14-8-9-16(26)18(10-14)29-7)21-15(25-13)11-24(5,6)12-17(21)27/h8-10,20,25-26H,11-12H2,1-7H3/t20-/m1/s1. The lowest BCUT2D eigenvalue weighted by molar-refractivity contribution is -0.150. The first-order valence-corrected chi connectivity index (χ1v) is 10.2. The van der Waals surface area contributed by atoms with E-state index in [4.69, 9.17) is 9.47 Å². The lowest BCUT2D eigenvalue weighted by atomic mass is 9.68. The quantitative estimate of drug-likeness (QED) is 0.717. The second-order valence-corrected chi connectivity index (χ2v) is 9.86. The zero-order chi connectivity index (χ0) is 22.4. The van der Waals surface area contributed by atoms with Gasteiger partial charge < -0.3 is 19.9 Å². The molecule has 0 radical (unpaired) electrons. The number of allylic oxidation sites excluding steroid dienone is 3. The summed E-state index contributed by atoms with van der Waals surface area (Å²) in [4.78, 5) is 26.5. The summed E-state index contributed by atoms with van der Waals surface area (Å²) in [5.41, 5.74) is 2.38. The van der Waals surface area contributed by atoms with E-state index in [1.165, 1.54) is 13.2 Å². The van der Waals surface area contributed by atoms with Gasteiger partial charge >= 0.3 is 5.97 Å². The number of carbonyl (C=O) groups excluding carboxylic acids is 2. The van der Waals surface area contributed by atoms with Crippen LogP contribution < -0.4 is 10.1 Å². The smallest absolute Gasteiger partial charge is 0.337 e. The molecule has 6 nitrogen and oxygen atoms in total. The molecule has 0 aromatic heterocycles. The number of methoxy groups -OCH3 is 1. The number of nitrogens with one attached hydrogen (secondary N) is 1. The van der Waals surface area contributed by atoms with Gasteiger partial charge in [0.2, 0.25) is 0 Å². The highest BCUT2D eigenvalue weighted by atomic mass is 16.6. The zero-order valence-electron chi connectivity index (χ0n) is 18.8. The van der Waals surface area contributed by atoms with E-state index in [1.807, 2.05) is 27.7 Å². The number of ether oxygens (including phenoxy) is 2. The molecule has 0 bridgehead atoms. The van der Waals surface area contributed by atoms with Gasteiger partial charge in [-0.05, 0) is 57.2 Å². The average Bonchev–Trinajstić information content (AvgIpc) is 2.58. The summed E-state index contributed by atoms with van der Waals surface area (Å²) in [6.07, 6.45) is 1.11.